The van der Waals surface area contributed by atoms with E-state index in [1.165, 1.54) is 13.2 Å². The second kappa shape index (κ2) is 4.73. The Bertz CT molecular complexity index is 646. The second-order valence-corrected chi connectivity index (χ2v) is 4.24. The van der Waals surface area contributed by atoms with Gasteiger partial charge in [0.1, 0.15) is 0 Å². The summed E-state index contributed by atoms with van der Waals surface area (Å²) in [6.45, 7) is 1.87. The number of aryl methyl sites for hydroxylation is 1. The molecule has 5 heteroatoms. The topological polar surface area (TPSA) is 51.8 Å². The maximum atomic E-state index is 11.3. The van der Waals surface area contributed by atoms with Crippen molar-refractivity contribution >= 4 is 37.5 Å². The van der Waals surface area contributed by atoms with Crippen LogP contribution in [0.5, 0.6) is 0 Å². The molecule has 0 aliphatic rings. The number of ether oxygens (including phenoxy) is 1. The van der Waals surface area contributed by atoms with Crippen LogP contribution in [0.1, 0.15) is 5.56 Å². The maximum absolute atomic E-state index is 11.3. The number of rotatable bonds is 1. The molecule has 1 aromatic heterocycles. The molecule has 0 fully saturated rings. The number of fused-ring (bicyclic) bond motifs is 1. The molecule has 0 bridgehead atoms. The van der Waals surface area contributed by atoms with Gasteiger partial charge in [-0.25, -0.2) is 0 Å². The molecule has 0 aliphatic carbocycles. The first-order chi connectivity index (χ1) is 8.10. The number of hydrogen-bond acceptors (Lipinski definition) is 4. The molecule has 2 aromatic rings. The Hall–Kier alpha value is -1.58. The molecular weight excluding hydrogens is 285 g/mol. The van der Waals surface area contributed by atoms with Gasteiger partial charge < -0.3 is 0 Å². The van der Waals surface area contributed by atoms with Gasteiger partial charge in [-0.1, -0.05) is 0 Å². The quantitative estimate of drug-likeness (QED) is 0.349. The number of hydrogen-bond donors (Lipinski definition) is 0. The molecule has 0 atom stereocenters. The van der Waals surface area contributed by atoms with E-state index in [-0.39, 0.29) is 5.63 Å². The van der Waals surface area contributed by atoms with Crippen molar-refractivity contribution < 1.29 is 9.15 Å². The standard InChI is InChI=1S/C12H10NO3Se/c1-7-5-11(14)16-10-6-8(3-4-9(7)10)13-12(17)15-2/h3-6H,1-2H3. The summed E-state index contributed by atoms with van der Waals surface area (Å²) in [4.78, 5) is 15.9. The summed E-state index contributed by atoms with van der Waals surface area (Å²) < 4.78 is 10.0. The third-order valence-corrected chi connectivity index (χ3v) is 2.87. The molecule has 1 aromatic carbocycles. The van der Waals surface area contributed by atoms with Crippen LogP contribution in [0.25, 0.3) is 11.0 Å². The third-order valence-electron chi connectivity index (χ3n) is 2.33. The van der Waals surface area contributed by atoms with Gasteiger partial charge in [0.05, 0.1) is 0 Å². The Balaban J connectivity index is 2.62. The number of nitrogens with zero attached hydrogens (tertiary/aromatic N) is 1. The van der Waals surface area contributed by atoms with E-state index >= 15 is 0 Å². The van der Waals surface area contributed by atoms with Crippen LogP contribution in [0.4, 0.5) is 5.69 Å². The molecule has 0 N–H and O–H groups in total. The van der Waals surface area contributed by atoms with E-state index in [4.69, 9.17) is 9.15 Å². The van der Waals surface area contributed by atoms with E-state index in [1.807, 2.05) is 19.1 Å². The van der Waals surface area contributed by atoms with Crippen molar-refractivity contribution in [2.75, 3.05) is 7.11 Å². The van der Waals surface area contributed by atoms with Crippen molar-refractivity contribution in [2.24, 2.45) is 4.99 Å². The Morgan fingerprint density at radius 1 is 1.41 bits per heavy atom. The molecule has 87 valence electrons. The van der Waals surface area contributed by atoms with E-state index in [0.29, 0.717) is 16.1 Å². The molecule has 0 saturated carbocycles. The van der Waals surface area contributed by atoms with Gasteiger partial charge in [-0.3, -0.25) is 0 Å². The second-order valence-electron chi connectivity index (χ2n) is 3.51. The van der Waals surface area contributed by atoms with Crippen LogP contribution >= 0.6 is 0 Å². The van der Waals surface area contributed by atoms with Crippen molar-refractivity contribution in [3.8, 4) is 0 Å². The molecule has 0 saturated heterocycles. The fourth-order valence-electron chi connectivity index (χ4n) is 1.53. The van der Waals surface area contributed by atoms with Crippen molar-refractivity contribution in [3.63, 3.8) is 0 Å². The molecule has 17 heavy (non-hydrogen) atoms. The van der Waals surface area contributed by atoms with Crippen LogP contribution < -0.4 is 5.63 Å². The summed E-state index contributed by atoms with van der Waals surface area (Å²) in [6, 6.07) is 6.89. The van der Waals surface area contributed by atoms with E-state index < -0.39 is 0 Å². The molecule has 2 rings (SSSR count). The SMILES string of the molecule is COC([Se])=Nc1ccc2c(C)cc(=O)oc2c1. The van der Waals surface area contributed by atoms with Gasteiger partial charge in [0.2, 0.25) is 0 Å². The summed E-state index contributed by atoms with van der Waals surface area (Å²) in [5.74, 6) is 0. The van der Waals surface area contributed by atoms with Gasteiger partial charge in [0.25, 0.3) is 0 Å². The molecule has 4 nitrogen and oxygen atoms in total. The van der Waals surface area contributed by atoms with Crippen molar-refractivity contribution in [3.05, 3.63) is 40.2 Å². The van der Waals surface area contributed by atoms with Gasteiger partial charge >= 0.3 is 106 Å². The Labute approximate surface area is 106 Å². The van der Waals surface area contributed by atoms with Crippen LogP contribution in [0, 0.1) is 6.92 Å². The summed E-state index contributed by atoms with van der Waals surface area (Å²) in [6.07, 6.45) is 0. The van der Waals surface area contributed by atoms with Crippen molar-refractivity contribution in [2.45, 2.75) is 6.92 Å². The van der Waals surface area contributed by atoms with Gasteiger partial charge in [0, 0.05) is 0 Å². The van der Waals surface area contributed by atoms with Crippen LogP contribution in [-0.4, -0.2) is 27.9 Å². The summed E-state index contributed by atoms with van der Waals surface area (Å²) in [7, 11) is 1.53. The third kappa shape index (κ3) is 2.57. The van der Waals surface area contributed by atoms with E-state index in [0.717, 1.165) is 10.9 Å². The predicted molar refractivity (Wildman–Crippen MR) is 67.1 cm³/mol. The van der Waals surface area contributed by atoms with E-state index in [2.05, 4.69) is 21.0 Å². The summed E-state index contributed by atoms with van der Waals surface area (Å²) in [5, 5.41) is 0.905. The molecule has 0 unspecified atom stereocenters. The van der Waals surface area contributed by atoms with Crippen LogP contribution in [-0.2, 0) is 4.74 Å². The number of aliphatic imine (C=N–C) groups is 1. The Morgan fingerprint density at radius 2 is 2.18 bits per heavy atom. The fourth-order valence-corrected chi connectivity index (χ4v) is 1.76. The molecule has 1 heterocycles. The minimum atomic E-state index is -0.355. The fraction of sp³-hybridized carbons (Fsp3) is 0.167. The zero-order valence-corrected chi connectivity index (χ0v) is 11.1. The van der Waals surface area contributed by atoms with Crippen molar-refractivity contribution in [1.82, 2.24) is 0 Å². The predicted octanol–water partition coefficient (Wildman–Crippen LogP) is 1.90. The zero-order valence-electron chi connectivity index (χ0n) is 9.39. The molecule has 0 aliphatic heterocycles. The average Bonchev–Trinajstić information content (AvgIpc) is 2.28. The zero-order chi connectivity index (χ0) is 12.4. The number of benzene rings is 1. The van der Waals surface area contributed by atoms with Crippen LogP contribution in [0.2, 0.25) is 0 Å². The van der Waals surface area contributed by atoms with Crippen molar-refractivity contribution in [1.29, 1.82) is 0 Å². The van der Waals surface area contributed by atoms with Crippen LogP contribution in [0.15, 0.2) is 38.5 Å². The summed E-state index contributed by atoms with van der Waals surface area (Å²) in [5.41, 5.74) is 1.73. The van der Waals surface area contributed by atoms with Crippen LogP contribution in [0.3, 0.4) is 0 Å². The van der Waals surface area contributed by atoms with Gasteiger partial charge in [-0.05, 0) is 0 Å². The summed E-state index contributed by atoms with van der Waals surface area (Å²) >= 11 is 2.68. The van der Waals surface area contributed by atoms with Gasteiger partial charge in [0.15, 0.2) is 0 Å². The molecular formula is C12H10NO3Se. The Morgan fingerprint density at radius 3 is 2.88 bits per heavy atom. The first kappa shape index (κ1) is 11.9. The van der Waals surface area contributed by atoms with E-state index in [9.17, 15) is 4.79 Å². The Kier molecular flexibility index (Phi) is 3.31. The van der Waals surface area contributed by atoms with Gasteiger partial charge in [-0.2, -0.15) is 0 Å². The van der Waals surface area contributed by atoms with E-state index in [1.54, 1.807) is 6.07 Å². The molecule has 1 radical (unpaired) electrons. The van der Waals surface area contributed by atoms with Gasteiger partial charge in [-0.15, -0.1) is 0 Å². The minimum absolute atomic E-state index is 0.355. The first-order valence-corrected chi connectivity index (χ1v) is 5.80. The molecule has 0 spiro atoms. The molecule has 0 amide bonds. The average molecular weight is 295 g/mol. The number of methoxy groups -OCH3 is 1. The first-order valence-electron chi connectivity index (χ1n) is 4.94. The normalized spacial score (nSPS) is 11.8. The monoisotopic (exact) mass is 296 g/mol.